The standard InChI is InChI=1S/C27H32BrN3O4/c1-25(2,3)35-24(34)31-21-10-8-20(9-11-21)30-23(33)27-15-12-26(13-16-27,14-17-27)22(32)29-19-6-4-18(28)5-7-19/h4-11H,12-17H2,1-3H3,(H,29,32)(H,30,33)(H,31,34). The number of ether oxygens (including phenoxy) is 1. The largest absolute Gasteiger partial charge is 0.444 e. The maximum absolute atomic E-state index is 13.3. The minimum absolute atomic E-state index is 0.00645. The molecule has 0 atom stereocenters. The molecular formula is C27H32BrN3O4. The van der Waals surface area contributed by atoms with Crippen molar-refractivity contribution in [3.63, 3.8) is 0 Å². The molecule has 3 fully saturated rings. The van der Waals surface area contributed by atoms with Gasteiger partial charge in [0.25, 0.3) is 0 Å². The van der Waals surface area contributed by atoms with Gasteiger partial charge in [-0.05, 0) is 108 Å². The third-order valence-corrected chi connectivity index (χ3v) is 7.63. The van der Waals surface area contributed by atoms with Crippen LogP contribution in [0.15, 0.2) is 53.0 Å². The Balaban J connectivity index is 1.32. The molecule has 2 bridgehead atoms. The van der Waals surface area contributed by atoms with Gasteiger partial charge >= 0.3 is 6.09 Å². The number of benzene rings is 2. The van der Waals surface area contributed by atoms with Gasteiger partial charge in [-0.25, -0.2) is 4.79 Å². The Morgan fingerprint density at radius 3 is 1.40 bits per heavy atom. The van der Waals surface area contributed by atoms with Crippen LogP contribution in [-0.2, 0) is 14.3 Å². The first-order chi connectivity index (χ1) is 16.5. The molecule has 0 aromatic heterocycles. The van der Waals surface area contributed by atoms with E-state index in [0.29, 0.717) is 49.9 Å². The van der Waals surface area contributed by atoms with Crippen LogP contribution in [0.3, 0.4) is 0 Å². The van der Waals surface area contributed by atoms with Gasteiger partial charge in [0, 0.05) is 32.4 Å². The monoisotopic (exact) mass is 541 g/mol. The van der Waals surface area contributed by atoms with Gasteiger partial charge < -0.3 is 15.4 Å². The van der Waals surface area contributed by atoms with Gasteiger partial charge in [0.2, 0.25) is 11.8 Å². The molecule has 3 saturated carbocycles. The number of rotatable bonds is 5. The van der Waals surface area contributed by atoms with Gasteiger partial charge in [-0.3, -0.25) is 14.9 Å². The van der Waals surface area contributed by atoms with E-state index in [1.54, 1.807) is 45.0 Å². The minimum atomic E-state index is -0.575. The molecule has 2 aromatic carbocycles. The Bertz CT molecular complexity index is 1080. The third-order valence-electron chi connectivity index (χ3n) is 7.10. The second-order valence-electron chi connectivity index (χ2n) is 10.7. The number of nitrogens with one attached hydrogen (secondary N) is 3. The van der Waals surface area contributed by atoms with Crippen LogP contribution < -0.4 is 16.0 Å². The number of fused-ring (bicyclic) bond motifs is 3. The molecule has 35 heavy (non-hydrogen) atoms. The van der Waals surface area contributed by atoms with Crippen molar-refractivity contribution in [2.75, 3.05) is 16.0 Å². The van der Waals surface area contributed by atoms with Crippen LogP contribution in [0, 0.1) is 10.8 Å². The molecule has 3 aliphatic rings. The van der Waals surface area contributed by atoms with E-state index < -0.39 is 22.5 Å². The first-order valence-corrected chi connectivity index (χ1v) is 12.8. The summed E-state index contributed by atoms with van der Waals surface area (Å²) in [4.78, 5) is 38.3. The number of anilines is 3. The van der Waals surface area contributed by atoms with Crippen LogP contribution >= 0.6 is 15.9 Å². The first-order valence-electron chi connectivity index (χ1n) is 12.0. The average molecular weight is 542 g/mol. The van der Waals surface area contributed by atoms with Crippen molar-refractivity contribution >= 4 is 50.9 Å². The summed E-state index contributed by atoms with van der Waals surface area (Å²) < 4.78 is 6.23. The lowest BCUT2D eigenvalue weighted by Crippen LogP contribution is -2.52. The summed E-state index contributed by atoms with van der Waals surface area (Å²) in [6, 6.07) is 14.6. The van der Waals surface area contributed by atoms with E-state index in [1.807, 2.05) is 24.3 Å². The molecular weight excluding hydrogens is 510 g/mol. The van der Waals surface area contributed by atoms with E-state index >= 15 is 0 Å². The molecule has 8 heteroatoms. The van der Waals surface area contributed by atoms with Gasteiger partial charge in [-0.2, -0.15) is 0 Å². The molecule has 0 radical (unpaired) electrons. The van der Waals surface area contributed by atoms with Gasteiger partial charge in [0.15, 0.2) is 0 Å². The van der Waals surface area contributed by atoms with Crippen molar-refractivity contribution in [3.05, 3.63) is 53.0 Å². The number of halogens is 1. The lowest BCUT2D eigenvalue weighted by molar-refractivity contribution is -0.144. The Morgan fingerprint density at radius 2 is 1.03 bits per heavy atom. The summed E-state index contributed by atoms with van der Waals surface area (Å²) >= 11 is 3.41. The first kappa shape index (κ1) is 25.2. The number of hydrogen-bond donors (Lipinski definition) is 3. The van der Waals surface area contributed by atoms with Crippen molar-refractivity contribution in [3.8, 4) is 0 Å². The lowest BCUT2D eigenvalue weighted by Gasteiger charge is -2.51. The second kappa shape index (κ2) is 9.64. The summed E-state index contributed by atoms with van der Waals surface area (Å²) in [5.74, 6) is 0.0635. The maximum Gasteiger partial charge on any atom is 0.412 e. The fourth-order valence-electron chi connectivity index (χ4n) is 4.99. The number of hydrogen-bond acceptors (Lipinski definition) is 4. The molecule has 0 saturated heterocycles. The summed E-state index contributed by atoms with van der Waals surface area (Å²) in [7, 11) is 0. The highest BCUT2D eigenvalue weighted by Crippen LogP contribution is 2.57. The molecule has 0 heterocycles. The van der Waals surface area contributed by atoms with Crippen molar-refractivity contribution in [2.24, 2.45) is 10.8 Å². The molecule has 3 N–H and O–H groups in total. The Hall–Kier alpha value is -2.87. The summed E-state index contributed by atoms with van der Waals surface area (Å²) in [5.41, 5.74) is 0.644. The molecule has 3 amide bonds. The number of amides is 3. The van der Waals surface area contributed by atoms with Crippen molar-refractivity contribution in [1.29, 1.82) is 0 Å². The molecule has 2 aromatic rings. The predicted octanol–water partition coefficient (Wildman–Crippen LogP) is 6.71. The molecule has 0 unspecified atom stereocenters. The van der Waals surface area contributed by atoms with Crippen molar-refractivity contribution in [2.45, 2.75) is 64.9 Å². The van der Waals surface area contributed by atoms with Crippen LogP contribution in [-0.4, -0.2) is 23.5 Å². The smallest absolute Gasteiger partial charge is 0.412 e. The Labute approximate surface area is 214 Å². The van der Waals surface area contributed by atoms with E-state index in [9.17, 15) is 14.4 Å². The zero-order valence-corrected chi connectivity index (χ0v) is 22.0. The Morgan fingerprint density at radius 1 is 0.686 bits per heavy atom. The van der Waals surface area contributed by atoms with Crippen molar-refractivity contribution in [1.82, 2.24) is 0 Å². The fourth-order valence-corrected chi connectivity index (χ4v) is 5.25. The molecule has 0 spiro atoms. The van der Waals surface area contributed by atoms with Gasteiger partial charge in [-0.1, -0.05) is 15.9 Å². The van der Waals surface area contributed by atoms with E-state index in [2.05, 4.69) is 31.9 Å². The average Bonchev–Trinajstić information content (AvgIpc) is 2.81. The molecule has 3 aliphatic carbocycles. The highest BCUT2D eigenvalue weighted by molar-refractivity contribution is 9.10. The van der Waals surface area contributed by atoms with Crippen LogP contribution in [0.4, 0.5) is 21.9 Å². The van der Waals surface area contributed by atoms with Crippen LogP contribution in [0.25, 0.3) is 0 Å². The SMILES string of the molecule is CC(C)(C)OC(=O)Nc1ccc(NC(=O)C23CCC(C(=O)Nc4ccc(Br)cc4)(CC2)CC3)cc1. The van der Waals surface area contributed by atoms with Gasteiger partial charge in [0.1, 0.15) is 5.60 Å². The van der Waals surface area contributed by atoms with E-state index in [4.69, 9.17) is 4.74 Å². The maximum atomic E-state index is 13.3. The topological polar surface area (TPSA) is 96.5 Å². The summed E-state index contributed by atoms with van der Waals surface area (Å²) in [6.07, 6.45) is 3.70. The quantitative estimate of drug-likeness (QED) is 0.391. The van der Waals surface area contributed by atoms with Gasteiger partial charge in [0.05, 0.1) is 0 Å². The second-order valence-corrected chi connectivity index (χ2v) is 11.6. The zero-order valence-electron chi connectivity index (χ0n) is 20.4. The number of carbonyl (C=O) groups excluding carboxylic acids is 3. The summed E-state index contributed by atoms with van der Waals surface area (Å²) in [5, 5.41) is 8.80. The molecule has 5 rings (SSSR count). The molecule has 7 nitrogen and oxygen atoms in total. The lowest BCUT2D eigenvalue weighted by atomic mass is 9.53. The van der Waals surface area contributed by atoms with Crippen LogP contribution in [0.1, 0.15) is 59.3 Å². The van der Waals surface area contributed by atoms with E-state index in [1.165, 1.54) is 0 Å². The fraction of sp³-hybridized carbons (Fsp3) is 0.444. The highest BCUT2D eigenvalue weighted by Gasteiger charge is 2.55. The minimum Gasteiger partial charge on any atom is -0.444 e. The van der Waals surface area contributed by atoms with Crippen molar-refractivity contribution < 1.29 is 19.1 Å². The summed E-state index contributed by atoms with van der Waals surface area (Å²) in [6.45, 7) is 5.42. The van der Waals surface area contributed by atoms with Crippen LogP contribution in [0.2, 0.25) is 0 Å². The van der Waals surface area contributed by atoms with E-state index in [0.717, 1.165) is 10.2 Å². The normalized spacial score (nSPS) is 23.3. The molecule has 0 aliphatic heterocycles. The van der Waals surface area contributed by atoms with E-state index in [-0.39, 0.29) is 11.8 Å². The highest BCUT2D eigenvalue weighted by atomic mass is 79.9. The zero-order chi connectivity index (χ0) is 25.3. The van der Waals surface area contributed by atoms with Crippen LogP contribution in [0.5, 0.6) is 0 Å². The number of carbonyl (C=O) groups is 3. The van der Waals surface area contributed by atoms with Gasteiger partial charge in [-0.15, -0.1) is 0 Å². The molecule has 186 valence electrons. The third kappa shape index (κ3) is 5.86. The Kier molecular flexibility index (Phi) is 6.95. The predicted molar refractivity (Wildman–Crippen MR) is 140 cm³/mol.